The van der Waals surface area contributed by atoms with Gasteiger partial charge in [0.1, 0.15) is 5.75 Å². The molecular weight excluding hydrogens is 317 g/mol. The van der Waals surface area contributed by atoms with Crippen LogP contribution in [0.4, 0.5) is 13.2 Å². The highest BCUT2D eigenvalue weighted by Gasteiger charge is 2.30. The standard InChI is InChI=1S/C11H10BrF3O3/c1-2-17-10(16)6-18-9-4-3-7(5-8(9)12)11(13,14)15/h3-5H,2,6H2,1H3. The van der Waals surface area contributed by atoms with Gasteiger partial charge in [0.05, 0.1) is 16.6 Å². The number of halogens is 4. The molecule has 0 unspecified atom stereocenters. The van der Waals surface area contributed by atoms with E-state index in [0.29, 0.717) is 0 Å². The fourth-order valence-corrected chi connectivity index (χ4v) is 1.63. The van der Waals surface area contributed by atoms with Gasteiger partial charge in [-0.25, -0.2) is 4.79 Å². The molecule has 100 valence electrons. The van der Waals surface area contributed by atoms with Gasteiger partial charge in [0.2, 0.25) is 0 Å². The van der Waals surface area contributed by atoms with Gasteiger partial charge in [0.15, 0.2) is 6.61 Å². The second-order valence-corrected chi connectivity index (χ2v) is 4.09. The first-order valence-corrected chi connectivity index (χ1v) is 5.79. The molecule has 1 aromatic carbocycles. The molecule has 0 aliphatic carbocycles. The SMILES string of the molecule is CCOC(=O)COc1ccc(C(F)(F)F)cc1Br. The minimum Gasteiger partial charge on any atom is -0.481 e. The van der Waals surface area contributed by atoms with Crippen LogP contribution in [0, 0.1) is 0 Å². The van der Waals surface area contributed by atoms with Crippen molar-refractivity contribution in [2.24, 2.45) is 0 Å². The zero-order chi connectivity index (χ0) is 13.8. The first-order chi connectivity index (χ1) is 8.34. The summed E-state index contributed by atoms with van der Waals surface area (Å²) in [6.45, 7) is 1.51. The van der Waals surface area contributed by atoms with E-state index in [1.807, 2.05) is 0 Å². The molecule has 0 fully saturated rings. The van der Waals surface area contributed by atoms with Crippen molar-refractivity contribution in [2.75, 3.05) is 13.2 Å². The van der Waals surface area contributed by atoms with Crippen molar-refractivity contribution >= 4 is 21.9 Å². The predicted molar refractivity (Wildman–Crippen MR) is 61.3 cm³/mol. The van der Waals surface area contributed by atoms with Gasteiger partial charge in [-0.2, -0.15) is 13.2 Å². The number of hydrogen-bond acceptors (Lipinski definition) is 3. The molecule has 0 aromatic heterocycles. The number of carbonyl (C=O) groups is 1. The van der Waals surface area contributed by atoms with Gasteiger partial charge in [0.25, 0.3) is 0 Å². The summed E-state index contributed by atoms with van der Waals surface area (Å²) in [7, 11) is 0. The van der Waals surface area contributed by atoms with Crippen LogP contribution < -0.4 is 4.74 Å². The zero-order valence-electron chi connectivity index (χ0n) is 9.38. The van der Waals surface area contributed by atoms with Crippen molar-refractivity contribution in [3.8, 4) is 5.75 Å². The second kappa shape index (κ2) is 6.08. The maximum Gasteiger partial charge on any atom is 0.416 e. The van der Waals surface area contributed by atoms with Gasteiger partial charge in [-0.05, 0) is 41.1 Å². The lowest BCUT2D eigenvalue weighted by Gasteiger charge is -2.11. The van der Waals surface area contributed by atoms with Crippen LogP contribution in [0.1, 0.15) is 12.5 Å². The van der Waals surface area contributed by atoms with Crippen LogP contribution in [-0.4, -0.2) is 19.2 Å². The Balaban J connectivity index is 2.72. The van der Waals surface area contributed by atoms with E-state index >= 15 is 0 Å². The Bertz CT molecular complexity index is 432. The van der Waals surface area contributed by atoms with E-state index in [1.54, 1.807) is 6.92 Å². The third-order valence-electron chi connectivity index (χ3n) is 1.91. The molecule has 18 heavy (non-hydrogen) atoms. The first-order valence-electron chi connectivity index (χ1n) is 4.99. The number of esters is 1. The number of benzene rings is 1. The Hall–Kier alpha value is -1.24. The van der Waals surface area contributed by atoms with Crippen LogP contribution in [0.2, 0.25) is 0 Å². The maximum absolute atomic E-state index is 12.4. The Kier molecular flexibility index (Phi) is 5.01. The molecule has 0 atom stereocenters. The average molecular weight is 327 g/mol. The van der Waals surface area contributed by atoms with Gasteiger partial charge in [-0.1, -0.05) is 0 Å². The highest BCUT2D eigenvalue weighted by molar-refractivity contribution is 9.10. The monoisotopic (exact) mass is 326 g/mol. The summed E-state index contributed by atoms with van der Waals surface area (Å²) < 4.78 is 46.9. The van der Waals surface area contributed by atoms with E-state index in [-0.39, 0.29) is 23.4 Å². The molecule has 0 amide bonds. The number of hydrogen-bond donors (Lipinski definition) is 0. The molecule has 0 saturated carbocycles. The van der Waals surface area contributed by atoms with Gasteiger partial charge in [0, 0.05) is 0 Å². The Morgan fingerprint density at radius 1 is 1.39 bits per heavy atom. The fourth-order valence-electron chi connectivity index (χ4n) is 1.13. The highest BCUT2D eigenvalue weighted by atomic mass is 79.9. The number of ether oxygens (including phenoxy) is 2. The molecule has 0 bridgehead atoms. The molecule has 3 nitrogen and oxygen atoms in total. The van der Waals surface area contributed by atoms with E-state index in [9.17, 15) is 18.0 Å². The van der Waals surface area contributed by atoms with Crippen molar-refractivity contribution in [3.05, 3.63) is 28.2 Å². The van der Waals surface area contributed by atoms with Gasteiger partial charge >= 0.3 is 12.1 Å². The minimum absolute atomic E-state index is 0.127. The maximum atomic E-state index is 12.4. The van der Waals surface area contributed by atoms with Crippen molar-refractivity contribution in [3.63, 3.8) is 0 Å². The van der Waals surface area contributed by atoms with Gasteiger partial charge in [-0.3, -0.25) is 0 Å². The number of alkyl halides is 3. The topological polar surface area (TPSA) is 35.5 Å². The summed E-state index contributed by atoms with van der Waals surface area (Å²) in [5.41, 5.74) is -0.794. The summed E-state index contributed by atoms with van der Waals surface area (Å²) in [6.07, 6.45) is -4.41. The van der Waals surface area contributed by atoms with Crippen molar-refractivity contribution in [2.45, 2.75) is 13.1 Å². The Morgan fingerprint density at radius 3 is 2.56 bits per heavy atom. The van der Waals surface area contributed by atoms with Crippen LogP contribution in [-0.2, 0) is 15.7 Å². The molecule has 1 rings (SSSR count). The smallest absolute Gasteiger partial charge is 0.416 e. The van der Waals surface area contributed by atoms with E-state index in [1.165, 1.54) is 0 Å². The Labute approximate surface area is 110 Å². The summed E-state index contributed by atoms with van der Waals surface area (Å²) in [6, 6.07) is 2.91. The number of rotatable bonds is 4. The minimum atomic E-state index is -4.41. The quantitative estimate of drug-likeness (QED) is 0.795. The van der Waals surface area contributed by atoms with Gasteiger partial charge in [-0.15, -0.1) is 0 Å². The van der Waals surface area contributed by atoms with Crippen LogP contribution in [0.25, 0.3) is 0 Å². The van der Waals surface area contributed by atoms with Gasteiger partial charge < -0.3 is 9.47 Å². The van der Waals surface area contributed by atoms with Crippen LogP contribution in [0.15, 0.2) is 22.7 Å². The molecule has 0 spiro atoms. The molecule has 0 aliphatic rings. The molecule has 0 saturated heterocycles. The fraction of sp³-hybridized carbons (Fsp3) is 0.364. The third kappa shape index (κ3) is 4.21. The molecule has 0 radical (unpaired) electrons. The van der Waals surface area contributed by atoms with E-state index in [2.05, 4.69) is 20.7 Å². The van der Waals surface area contributed by atoms with Crippen molar-refractivity contribution in [1.29, 1.82) is 0 Å². The summed E-state index contributed by atoms with van der Waals surface area (Å²) in [4.78, 5) is 11.0. The second-order valence-electron chi connectivity index (χ2n) is 3.24. The summed E-state index contributed by atoms with van der Waals surface area (Å²) >= 11 is 2.95. The summed E-state index contributed by atoms with van der Waals surface area (Å²) in [5.74, 6) is -0.430. The first kappa shape index (κ1) is 14.8. The van der Waals surface area contributed by atoms with E-state index in [0.717, 1.165) is 18.2 Å². The van der Waals surface area contributed by atoms with E-state index in [4.69, 9.17) is 4.74 Å². The third-order valence-corrected chi connectivity index (χ3v) is 2.53. The van der Waals surface area contributed by atoms with Crippen LogP contribution in [0.3, 0.4) is 0 Å². The molecule has 1 aromatic rings. The van der Waals surface area contributed by atoms with Crippen LogP contribution in [0.5, 0.6) is 5.75 Å². The molecular formula is C11H10BrF3O3. The average Bonchev–Trinajstić information content (AvgIpc) is 2.26. The lowest BCUT2D eigenvalue weighted by molar-refractivity contribution is -0.145. The van der Waals surface area contributed by atoms with Crippen LogP contribution >= 0.6 is 15.9 Å². The van der Waals surface area contributed by atoms with E-state index < -0.39 is 17.7 Å². The molecule has 7 heteroatoms. The lowest BCUT2D eigenvalue weighted by Crippen LogP contribution is -2.15. The molecule has 0 aliphatic heterocycles. The highest BCUT2D eigenvalue weighted by Crippen LogP contribution is 2.34. The predicted octanol–water partition coefficient (Wildman–Crippen LogP) is 3.41. The zero-order valence-corrected chi connectivity index (χ0v) is 11.0. The summed E-state index contributed by atoms with van der Waals surface area (Å²) in [5, 5.41) is 0. The Morgan fingerprint density at radius 2 is 2.06 bits per heavy atom. The molecule has 0 N–H and O–H groups in total. The van der Waals surface area contributed by atoms with Crippen molar-refractivity contribution in [1.82, 2.24) is 0 Å². The normalized spacial score (nSPS) is 11.2. The molecule has 0 heterocycles. The number of carbonyl (C=O) groups excluding carboxylic acids is 1. The van der Waals surface area contributed by atoms with Crippen molar-refractivity contribution < 1.29 is 27.4 Å². The lowest BCUT2D eigenvalue weighted by atomic mass is 10.2. The largest absolute Gasteiger partial charge is 0.481 e.